The molecule has 0 unspecified atom stereocenters. The molecule has 0 amide bonds. The SMILES string of the molecule is CC(C)OCCCc1cc2c(=O)n(NS(C)(=O)=O)c(=O)[nH]c2cc1C(F)(F)F. The van der Waals surface area contributed by atoms with Crippen LogP contribution in [0.3, 0.4) is 0 Å². The number of benzene rings is 1. The van der Waals surface area contributed by atoms with E-state index < -0.39 is 33.0 Å². The van der Waals surface area contributed by atoms with Gasteiger partial charge in [-0.15, -0.1) is 0 Å². The van der Waals surface area contributed by atoms with Crippen LogP contribution in [0.5, 0.6) is 0 Å². The van der Waals surface area contributed by atoms with Crippen LogP contribution in [0.4, 0.5) is 13.2 Å². The molecule has 156 valence electrons. The Morgan fingerprint density at radius 1 is 1.25 bits per heavy atom. The first kappa shape index (κ1) is 22.0. The highest BCUT2D eigenvalue weighted by molar-refractivity contribution is 7.91. The molecule has 0 saturated carbocycles. The second-order valence-corrected chi connectivity index (χ2v) is 8.24. The standard InChI is InChI=1S/C16H20F3N3O5S/c1-9(2)27-6-4-5-10-7-11-13(8-12(10)16(17,18)19)20-15(24)22(14(11)23)21-28(3,25)26/h7-9,21H,4-6H2,1-3H3,(H,20,24). The zero-order valence-corrected chi connectivity index (χ0v) is 16.2. The van der Waals surface area contributed by atoms with Crippen LogP contribution in [0.1, 0.15) is 31.4 Å². The molecule has 2 rings (SSSR count). The predicted molar refractivity (Wildman–Crippen MR) is 97.4 cm³/mol. The summed E-state index contributed by atoms with van der Waals surface area (Å²) in [6.07, 6.45) is -3.77. The van der Waals surface area contributed by atoms with E-state index in [9.17, 15) is 31.2 Å². The van der Waals surface area contributed by atoms with Gasteiger partial charge in [0.05, 0.1) is 28.8 Å². The maximum absolute atomic E-state index is 13.4. The summed E-state index contributed by atoms with van der Waals surface area (Å²) in [5.74, 6) is 0. The Labute approximate surface area is 158 Å². The molecule has 0 radical (unpaired) electrons. The van der Waals surface area contributed by atoms with E-state index in [0.717, 1.165) is 12.3 Å². The van der Waals surface area contributed by atoms with Gasteiger partial charge < -0.3 is 9.72 Å². The summed E-state index contributed by atoms with van der Waals surface area (Å²) in [6.45, 7) is 3.83. The molecule has 0 spiro atoms. The Bertz CT molecular complexity index is 1090. The van der Waals surface area contributed by atoms with Gasteiger partial charge in [-0.3, -0.25) is 4.79 Å². The fraction of sp³-hybridized carbons (Fsp3) is 0.500. The highest BCUT2D eigenvalue weighted by Gasteiger charge is 2.34. The van der Waals surface area contributed by atoms with Crippen LogP contribution in [0, 0.1) is 0 Å². The van der Waals surface area contributed by atoms with Crippen molar-refractivity contribution in [2.24, 2.45) is 0 Å². The summed E-state index contributed by atoms with van der Waals surface area (Å²) in [5, 5.41) is -0.247. The smallest absolute Gasteiger partial charge is 0.379 e. The molecule has 1 aromatic carbocycles. The van der Waals surface area contributed by atoms with E-state index in [1.165, 1.54) is 0 Å². The van der Waals surface area contributed by atoms with Crippen molar-refractivity contribution in [3.8, 4) is 0 Å². The minimum Gasteiger partial charge on any atom is -0.379 e. The van der Waals surface area contributed by atoms with Gasteiger partial charge in [0.15, 0.2) is 0 Å². The summed E-state index contributed by atoms with van der Waals surface area (Å²) < 4.78 is 68.5. The normalized spacial score (nSPS) is 12.7. The van der Waals surface area contributed by atoms with Gasteiger partial charge in [-0.25, -0.2) is 18.0 Å². The number of nitrogens with one attached hydrogen (secondary N) is 2. The van der Waals surface area contributed by atoms with Gasteiger partial charge >= 0.3 is 11.9 Å². The second kappa shape index (κ2) is 7.95. The molecule has 1 aromatic heterocycles. The fourth-order valence-corrected chi connectivity index (χ4v) is 3.11. The lowest BCUT2D eigenvalue weighted by molar-refractivity contribution is -0.138. The van der Waals surface area contributed by atoms with Crippen LogP contribution >= 0.6 is 0 Å². The maximum atomic E-state index is 13.4. The van der Waals surface area contributed by atoms with Crippen molar-refractivity contribution in [3.63, 3.8) is 0 Å². The van der Waals surface area contributed by atoms with Gasteiger partial charge in [0, 0.05) is 6.61 Å². The average molecular weight is 423 g/mol. The van der Waals surface area contributed by atoms with Gasteiger partial charge in [-0.2, -0.15) is 17.8 Å². The van der Waals surface area contributed by atoms with Crippen LogP contribution in [0.2, 0.25) is 0 Å². The predicted octanol–water partition coefficient (Wildman–Crippen LogP) is 1.57. The quantitative estimate of drug-likeness (QED) is 0.657. The lowest BCUT2D eigenvalue weighted by Gasteiger charge is -2.15. The third kappa shape index (κ3) is 5.35. The molecular formula is C16H20F3N3O5S. The van der Waals surface area contributed by atoms with Crippen LogP contribution in [0.15, 0.2) is 21.7 Å². The molecule has 0 atom stereocenters. The van der Waals surface area contributed by atoms with Crippen molar-refractivity contribution in [2.45, 2.75) is 39.0 Å². The fourth-order valence-electron chi connectivity index (χ4n) is 2.61. The number of ether oxygens (including phenoxy) is 1. The number of aryl methyl sites for hydroxylation is 1. The number of aromatic amines is 1. The molecule has 0 aliphatic carbocycles. The van der Waals surface area contributed by atoms with E-state index in [1.54, 1.807) is 18.7 Å². The number of nitrogens with zero attached hydrogens (tertiary/aromatic N) is 1. The summed E-state index contributed by atoms with van der Waals surface area (Å²) in [4.78, 5) is 28.2. The minimum atomic E-state index is -4.70. The first-order valence-electron chi connectivity index (χ1n) is 8.28. The first-order valence-corrected chi connectivity index (χ1v) is 10.2. The van der Waals surface area contributed by atoms with Crippen molar-refractivity contribution in [3.05, 3.63) is 44.1 Å². The Morgan fingerprint density at radius 2 is 1.89 bits per heavy atom. The van der Waals surface area contributed by atoms with Crippen molar-refractivity contribution < 1.29 is 26.3 Å². The van der Waals surface area contributed by atoms with Crippen molar-refractivity contribution in [1.29, 1.82) is 0 Å². The summed E-state index contributed by atoms with van der Waals surface area (Å²) >= 11 is 0. The molecule has 1 heterocycles. The first-order chi connectivity index (χ1) is 12.8. The van der Waals surface area contributed by atoms with Gasteiger partial charge in [-0.1, -0.05) is 0 Å². The molecule has 0 aliphatic rings. The van der Waals surface area contributed by atoms with E-state index in [0.29, 0.717) is 6.07 Å². The largest absolute Gasteiger partial charge is 0.416 e. The van der Waals surface area contributed by atoms with Crippen molar-refractivity contribution in [2.75, 3.05) is 17.7 Å². The molecule has 2 N–H and O–H groups in total. The van der Waals surface area contributed by atoms with Gasteiger partial charge in [-0.05, 0) is 44.4 Å². The summed E-state index contributed by atoms with van der Waals surface area (Å²) in [6, 6.07) is 1.70. The summed E-state index contributed by atoms with van der Waals surface area (Å²) in [5.41, 5.74) is -3.74. The van der Waals surface area contributed by atoms with Gasteiger partial charge in [0.25, 0.3) is 5.56 Å². The molecule has 0 saturated heterocycles. The van der Waals surface area contributed by atoms with E-state index in [1.807, 2.05) is 0 Å². The van der Waals surface area contributed by atoms with Gasteiger partial charge in [0.2, 0.25) is 10.0 Å². The molecule has 0 aliphatic heterocycles. The zero-order valence-electron chi connectivity index (χ0n) is 15.4. The van der Waals surface area contributed by atoms with E-state index in [-0.39, 0.29) is 46.7 Å². The highest BCUT2D eigenvalue weighted by Crippen LogP contribution is 2.34. The average Bonchev–Trinajstić information content (AvgIpc) is 2.53. The van der Waals surface area contributed by atoms with Crippen LogP contribution in [0.25, 0.3) is 10.9 Å². The third-order valence-corrected chi connectivity index (χ3v) is 4.24. The molecular weight excluding hydrogens is 403 g/mol. The maximum Gasteiger partial charge on any atom is 0.416 e. The molecule has 28 heavy (non-hydrogen) atoms. The molecule has 2 aromatic rings. The zero-order chi connectivity index (χ0) is 21.3. The Morgan fingerprint density at radius 3 is 2.43 bits per heavy atom. The molecule has 0 fully saturated rings. The second-order valence-electron chi connectivity index (χ2n) is 6.51. The Hall–Kier alpha value is -2.34. The highest BCUT2D eigenvalue weighted by atomic mass is 32.2. The lowest BCUT2D eigenvalue weighted by Crippen LogP contribution is -2.43. The van der Waals surface area contributed by atoms with Crippen LogP contribution in [-0.4, -0.2) is 37.0 Å². The third-order valence-electron chi connectivity index (χ3n) is 3.73. The number of hydrogen-bond donors (Lipinski definition) is 2. The number of fused-ring (bicyclic) bond motifs is 1. The Kier molecular flexibility index (Phi) is 6.24. The van der Waals surface area contributed by atoms with Gasteiger partial charge in [0.1, 0.15) is 0 Å². The monoisotopic (exact) mass is 423 g/mol. The van der Waals surface area contributed by atoms with Crippen molar-refractivity contribution in [1.82, 2.24) is 9.66 Å². The number of sulfonamides is 1. The molecule has 0 bridgehead atoms. The number of rotatable bonds is 7. The van der Waals surface area contributed by atoms with E-state index in [2.05, 4.69) is 4.98 Å². The number of alkyl halides is 3. The van der Waals surface area contributed by atoms with Crippen LogP contribution < -0.4 is 16.1 Å². The summed E-state index contributed by atoms with van der Waals surface area (Å²) in [7, 11) is -3.96. The molecule has 8 nitrogen and oxygen atoms in total. The van der Waals surface area contributed by atoms with E-state index >= 15 is 0 Å². The molecule has 12 heteroatoms. The number of aromatic nitrogens is 2. The van der Waals surface area contributed by atoms with Crippen LogP contribution in [-0.2, 0) is 27.4 Å². The minimum absolute atomic E-state index is 0.0183. The number of halogens is 3. The lowest BCUT2D eigenvalue weighted by atomic mass is 10.00. The topological polar surface area (TPSA) is 110 Å². The van der Waals surface area contributed by atoms with Crippen molar-refractivity contribution >= 4 is 20.9 Å². The number of H-pyrrole nitrogens is 1. The van der Waals surface area contributed by atoms with E-state index in [4.69, 9.17) is 4.74 Å². The number of hydrogen-bond acceptors (Lipinski definition) is 5. The Balaban J connectivity index is 2.60.